The van der Waals surface area contributed by atoms with Crippen molar-refractivity contribution in [2.45, 2.75) is 32.8 Å². The molecule has 0 aromatic rings. The van der Waals surface area contributed by atoms with E-state index in [0.29, 0.717) is 6.61 Å². The van der Waals surface area contributed by atoms with Gasteiger partial charge in [-0.25, -0.2) is 0 Å². The SMILES string of the molecule is C=CC(CO)CCC=CCOCOCOC(C)C. The van der Waals surface area contributed by atoms with E-state index in [1.807, 2.05) is 26.0 Å². The molecule has 1 N–H and O–H groups in total. The molecular weight excluding hydrogens is 232 g/mol. The largest absolute Gasteiger partial charge is 0.396 e. The lowest BCUT2D eigenvalue weighted by Crippen LogP contribution is -2.09. The molecule has 106 valence electrons. The van der Waals surface area contributed by atoms with E-state index in [9.17, 15) is 0 Å². The highest BCUT2D eigenvalue weighted by Crippen LogP contribution is 2.06. The van der Waals surface area contributed by atoms with Crippen molar-refractivity contribution in [3.63, 3.8) is 0 Å². The Morgan fingerprint density at radius 1 is 1.17 bits per heavy atom. The Kier molecular flexibility index (Phi) is 12.3. The van der Waals surface area contributed by atoms with Crippen molar-refractivity contribution < 1.29 is 19.3 Å². The van der Waals surface area contributed by atoms with Gasteiger partial charge in [-0.05, 0) is 32.6 Å². The van der Waals surface area contributed by atoms with Crippen LogP contribution in [0.25, 0.3) is 0 Å². The molecule has 0 aromatic carbocycles. The summed E-state index contributed by atoms with van der Waals surface area (Å²) in [5, 5.41) is 8.94. The number of hydrogen-bond acceptors (Lipinski definition) is 4. The first-order chi connectivity index (χ1) is 8.70. The van der Waals surface area contributed by atoms with Crippen LogP contribution in [0.3, 0.4) is 0 Å². The third kappa shape index (κ3) is 11.8. The van der Waals surface area contributed by atoms with Gasteiger partial charge in [-0.2, -0.15) is 0 Å². The van der Waals surface area contributed by atoms with Crippen LogP contribution in [0, 0.1) is 5.92 Å². The minimum absolute atomic E-state index is 0.164. The highest BCUT2D eigenvalue weighted by atomic mass is 16.7. The lowest BCUT2D eigenvalue weighted by molar-refractivity contribution is -0.139. The van der Waals surface area contributed by atoms with Gasteiger partial charge in [0.15, 0.2) is 0 Å². The summed E-state index contributed by atoms with van der Waals surface area (Å²) in [4.78, 5) is 0. The van der Waals surface area contributed by atoms with Crippen LogP contribution in [0.15, 0.2) is 24.8 Å². The van der Waals surface area contributed by atoms with Crippen molar-refractivity contribution in [3.05, 3.63) is 24.8 Å². The van der Waals surface area contributed by atoms with Crippen LogP contribution in [0.5, 0.6) is 0 Å². The van der Waals surface area contributed by atoms with E-state index >= 15 is 0 Å². The van der Waals surface area contributed by atoms with Crippen LogP contribution in [-0.4, -0.2) is 38.0 Å². The van der Waals surface area contributed by atoms with Gasteiger partial charge in [0.1, 0.15) is 13.6 Å². The molecule has 0 rings (SSSR count). The predicted octanol–water partition coefficient (Wildman–Crippen LogP) is 2.49. The minimum atomic E-state index is 0.164. The van der Waals surface area contributed by atoms with E-state index in [1.165, 1.54) is 0 Å². The van der Waals surface area contributed by atoms with Crippen LogP contribution in [0.4, 0.5) is 0 Å². The Morgan fingerprint density at radius 3 is 2.56 bits per heavy atom. The van der Waals surface area contributed by atoms with E-state index < -0.39 is 0 Å². The van der Waals surface area contributed by atoms with Gasteiger partial charge in [0.2, 0.25) is 0 Å². The van der Waals surface area contributed by atoms with Crippen molar-refractivity contribution in [3.8, 4) is 0 Å². The summed E-state index contributed by atoms with van der Waals surface area (Å²) in [7, 11) is 0. The normalized spacial score (nSPS) is 13.3. The molecular formula is C14H26O4. The van der Waals surface area contributed by atoms with Crippen LogP contribution < -0.4 is 0 Å². The van der Waals surface area contributed by atoms with Gasteiger partial charge in [-0.3, -0.25) is 0 Å². The lowest BCUT2D eigenvalue weighted by atomic mass is 10.0. The van der Waals surface area contributed by atoms with Crippen LogP contribution >= 0.6 is 0 Å². The van der Waals surface area contributed by atoms with E-state index in [2.05, 4.69) is 6.58 Å². The Labute approximate surface area is 110 Å². The van der Waals surface area contributed by atoms with E-state index in [1.54, 1.807) is 6.08 Å². The van der Waals surface area contributed by atoms with E-state index in [4.69, 9.17) is 19.3 Å². The monoisotopic (exact) mass is 258 g/mol. The summed E-state index contributed by atoms with van der Waals surface area (Å²) >= 11 is 0. The quantitative estimate of drug-likeness (QED) is 0.332. The van der Waals surface area contributed by atoms with Gasteiger partial charge in [0, 0.05) is 6.61 Å². The highest BCUT2D eigenvalue weighted by Gasteiger charge is 1.98. The van der Waals surface area contributed by atoms with Gasteiger partial charge >= 0.3 is 0 Å². The summed E-state index contributed by atoms with van der Waals surface area (Å²) < 4.78 is 15.5. The zero-order valence-corrected chi connectivity index (χ0v) is 11.5. The molecule has 0 aliphatic carbocycles. The molecule has 0 aromatic heterocycles. The van der Waals surface area contributed by atoms with Crippen LogP contribution in [-0.2, 0) is 14.2 Å². The topological polar surface area (TPSA) is 47.9 Å². The molecule has 0 radical (unpaired) electrons. The number of aliphatic hydroxyl groups is 1. The van der Waals surface area contributed by atoms with Crippen LogP contribution in [0.2, 0.25) is 0 Å². The van der Waals surface area contributed by atoms with Gasteiger partial charge in [0.05, 0.1) is 12.7 Å². The van der Waals surface area contributed by atoms with Crippen molar-refractivity contribution in [1.29, 1.82) is 0 Å². The molecule has 0 amide bonds. The van der Waals surface area contributed by atoms with Gasteiger partial charge in [0.25, 0.3) is 0 Å². The molecule has 4 nitrogen and oxygen atoms in total. The molecule has 0 aliphatic rings. The molecule has 1 unspecified atom stereocenters. The summed E-state index contributed by atoms with van der Waals surface area (Å²) in [6.07, 6.45) is 7.77. The zero-order valence-electron chi connectivity index (χ0n) is 11.5. The Hall–Kier alpha value is -0.680. The van der Waals surface area contributed by atoms with Crippen LogP contribution in [0.1, 0.15) is 26.7 Å². The fraction of sp³-hybridized carbons (Fsp3) is 0.714. The average Bonchev–Trinajstić information content (AvgIpc) is 2.36. The summed E-state index contributed by atoms with van der Waals surface area (Å²) in [5.74, 6) is 0.187. The number of ether oxygens (including phenoxy) is 3. The average molecular weight is 258 g/mol. The van der Waals surface area contributed by atoms with Crippen molar-refractivity contribution in [1.82, 2.24) is 0 Å². The number of aliphatic hydroxyl groups excluding tert-OH is 1. The van der Waals surface area contributed by atoms with Crippen molar-refractivity contribution in [2.24, 2.45) is 5.92 Å². The number of allylic oxidation sites excluding steroid dienone is 1. The molecule has 18 heavy (non-hydrogen) atoms. The molecule has 0 saturated heterocycles. The standard InChI is InChI=1S/C14H26O4/c1-4-14(10-15)8-6-5-7-9-16-11-17-12-18-13(2)3/h4-5,7,13-15H,1,6,8-12H2,2-3H3. The molecule has 1 atom stereocenters. The maximum Gasteiger partial charge on any atom is 0.150 e. The molecule has 0 bridgehead atoms. The summed E-state index contributed by atoms with van der Waals surface area (Å²) in [6.45, 7) is 8.77. The fourth-order valence-electron chi connectivity index (χ4n) is 1.17. The van der Waals surface area contributed by atoms with Gasteiger partial charge < -0.3 is 19.3 Å². The van der Waals surface area contributed by atoms with Crippen molar-refractivity contribution >= 4 is 0 Å². The number of rotatable bonds is 12. The molecule has 0 spiro atoms. The predicted molar refractivity (Wildman–Crippen MR) is 72.1 cm³/mol. The fourth-order valence-corrected chi connectivity index (χ4v) is 1.17. The Bertz CT molecular complexity index is 214. The number of hydrogen-bond donors (Lipinski definition) is 1. The maximum atomic E-state index is 8.94. The second kappa shape index (κ2) is 12.8. The molecule has 0 saturated carbocycles. The van der Waals surface area contributed by atoms with E-state index in [0.717, 1.165) is 12.8 Å². The van der Waals surface area contributed by atoms with E-state index in [-0.39, 0.29) is 32.2 Å². The first-order valence-corrected chi connectivity index (χ1v) is 6.36. The first kappa shape index (κ1) is 17.3. The molecule has 0 heterocycles. The van der Waals surface area contributed by atoms with Gasteiger partial charge in [-0.1, -0.05) is 18.2 Å². The maximum absolute atomic E-state index is 8.94. The third-order valence-corrected chi connectivity index (χ3v) is 2.30. The molecule has 0 fully saturated rings. The zero-order chi connectivity index (χ0) is 13.6. The minimum Gasteiger partial charge on any atom is -0.396 e. The first-order valence-electron chi connectivity index (χ1n) is 6.36. The smallest absolute Gasteiger partial charge is 0.150 e. The highest BCUT2D eigenvalue weighted by molar-refractivity contribution is 4.85. The van der Waals surface area contributed by atoms with Crippen molar-refractivity contribution in [2.75, 3.05) is 26.8 Å². The second-order valence-electron chi connectivity index (χ2n) is 4.25. The summed E-state index contributed by atoms with van der Waals surface area (Å²) in [5.41, 5.74) is 0. The Balaban J connectivity index is 3.25. The summed E-state index contributed by atoms with van der Waals surface area (Å²) in [6, 6.07) is 0. The molecule has 0 aliphatic heterocycles. The Morgan fingerprint density at radius 2 is 1.94 bits per heavy atom. The second-order valence-corrected chi connectivity index (χ2v) is 4.25. The third-order valence-electron chi connectivity index (χ3n) is 2.30. The lowest BCUT2D eigenvalue weighted by Gasteiger charge is -2.07. The molecule has 4 heteroatoms. The van der Waals surface area contributed by atoms with Gasteiger partial charge in [-0.15, -0.1) is 6.58 Å².